The lowest BCUT2D eigenvalue weighted by molar-refractivity contribution is 0.0696. The van der Waals surface area contributed by atoms with Crippen molar-refractivity contribution in [1.82, 2.24) is 4.90 Å². The lowest BCUT2D eigenvalue weighted by Crippen LogP contribution is -2.29. The zero-order valence-corrected chi connectivity index (χ0v) is 14.1. The van der Waals surface area contributed by atoms with Gasteiger partial charge in [0.2, 0.25) is 0 Å². The van der Waals surface area contributed by atoms with Crippen LogP contribution in [-0.4, -0.2) is 40.1 Å². The second-order valence-corrected chi connectivity index (χ2v) is 6.61. The van der Waals surface area contributed by atoms with E-state index in [4.69, 9.17) is 5.11 Å². The van der Waals surface area contributed by atoms with Crippen molar-refractivity contribution < 1.29 is 19.8 Å². The number of hydrogen-bond donors (Lipinski definition) is 2. The molecule has 1 amide bonds. The first-order valence-electron chi connectivity index (χ1n) is 8.35. The molecule has 1 aliphatic rings. The first-order valence-corrected chi connectivity index (χ1v) is 8.35. The Hall–Kier alpha value is -2.82. The molecule has 0 bridgehead atoms. The Morgan fingerprint density at radius 2 is 1.80 bits per heavy atom. The van der Waals surface area contributed by atoms with Gasteiger partial charge in [0, 0.05) is 18.7 Å². The van der Waals surface area contributed by atoms with E-state index in [0.717, 1.165) is 24.9 Å². The summed E-state index contributed by atoms with van der Waals surface area (Å²) in [6.45, 7) is 3.19. The molecule has 1 aliphatic heterocycles. The molecular weight excluding hydrogens is 318 g/mol. The van der Waals surface area contributed by atoms with Crippen molar-refractivity contribution in [2.75, 3.05) is 13.1 Å². The predicted molar refractivity (Wildman–Crippen MR) is 94.0 cm³/mol. The van der Waals surface area contributed by atoms with Gasteiger partial charge in [-0.25, -0.2) is 4.79 Å². The Morgan fingerprint density at radius 3 is 2.44 bits per heavy atom. The highest BCUT2D eigenvalue weighted by atomic mass is 16.4. The molecule has 0 unspecified atom stereocenters. The molecule has 2 N–H and O–H groups in total. The number of rotatable bonds is 4. The third kappa shape index (κ3) is 3.82. The van der Waals surface area contributed by atoms with Crippen LogP contribution in [0.5, 0.6) is 5.75 Å². The summed E-state index contributed by atoms with van der Waals surface area (Å²) in [5.74, 6) is -0.362. The smallest absolute Gasteiger partial charge is 0.335 e. The van der Waals surface area contributed by atoms with E-state index in [2.05, 4.69) is 0 Å². The molecule has 2 aromatic rings. The number of aryl methyl sites for hydroxylation is 1. The van der Waals surface area contributed by atoms with Gasteiger partial charge in [-0.1, -0.05) is 12.1 Å². The summed E-state index contributed by atoms with van der Waals surface area (Å²) < 4.78 is 0. The molecule has 25 heavy (non-hydrogen) atoms. The number of carbonyl (C=O) groups excluding carboxylic acids is 1. The van der Waals surface area contributed by atoms with Crippen LogP contribution in [0.25, 0.3) is 0 Å². The zero-order chi connectivity index (χ0) is 18.0. The SMILES string of the molecule is Cc1cc(C(=O)N2CC[C@H](Cc3ccc(C(=O)O)cc3)C2)ccc1O. The molecule has 1 heterocycles. The maximum absolute atomic E-state index is 12.6. The number of benzene rings is 2. The molecule has 1 fully saturated rings. The Labute approximate surface area is 146 Å². The fraction of sp³-hybridized carbons (Fsp3) is 0.300. The van der Waals surface area contributed by atoms with Gasteiger partial charge >= 0.3 is 5.97 Å². The molecule has 5 heteroatoms. The van der Waals surface area contributed by atoms with Crippen molar-refractivity contribution in [3.05, 3.63) is 64.7 Å². The van der Waals surface area contributed by atoms with Crippen molar-refractivity contribution in [3.63, 3.8) is 0 Å². The van der Waals surface area contributed by atoms with Crippen molar-refractivity contribution in [3.8, 4) is 5.75 Å². The monoisotopic (exact) mass is 339 g/mol. The lowest BCUT2D eigenvalue weighted by atomic mass is 9.98. The third-order valence-electron chi connectivity index (χ3n) is 4.74. The number of phenols is 1. The molecule has 130 valence electrons. The standard InChI is InChI=1S/C20H21NO4/c1-13-10-17(6-7-18(13)22)19(23)21-9-8-15(12-21)11-14-2-4-16(5-3-14)20(24)25/h2-7,10,15,22H,8-9,11-12H2,1H3,(H,24,25)/t15-/m1/s1. The van der Waals surface area contributed by atoms with Crippen molar-refractivity contribution in [1.29, 1.82) is 0 Å². The van der Waals surface area contributed by atoms with Gasteiger partial charge < -0.3 is 15.1 Å². The quantitative estimate of drug-likeness (QED) is 0.897. The number of hydrogen-bond acceptors (Lipinski definition) is 3. The molecule has 0 spiro atoms. The number of carboxylic acid groups (broad SMARTS) is 1. The summed E-state index contributed by atoms with van der Waals surface area (Å²) in [5.41, 5.74) is 2.67. The fourth-order valence-electron chi connectivity index (χ4n) is 3.27. The van der Waals surface area contributed by atoms with E-state index in [-0.39, 0.29) is 17.2 Å². The molecule has 3 rings (SSSR count). The minimum absolute atomic E-state index is 0.00757. The second kappa shape index (κ2) is 6.97. The van der Waals surface area contributed by atoms with Crippen LogP contribution in [-0.2, 0) is 6.42 Å². The summed E-state index contributed by atoms with van der Waals surface area (Å²) in [6, 6.07) is 11.9. The van der Waals surface area contributed by atoms with Gasteiger partial charge in [-0.15, -0.1) is 0 Å². The van der Waals surface area contributed by atoms with Crippen LogP contribution in [0.1, 0.15) is 38.3 Å². The first-order chi connectivity index (χ1) is 11.9. The number of likely N-dealkylation sites (tertiary alicyclic amines) is 1. The highest BCUT2D eigenvalue weighted by Crippen LogP contribution is 2.24. The van der Waals surface area contributed by atoms with Gasteiger partial charge in [0.25, 0.3) is 5.91 Å². The Morgan fingerprint density at radius 1 is 1.12 bits per heavy atom. The van der Waals surface area contributed by atoms with E-state index in [9.17, 15) is 14.7 Å². The molecular formula is C20H21NO4. The number of nitrogens with zero attached hydrogens (tertiary/aromatic N) is 1. The van der Waals surface area contributed by atoms with Gasteiger partial charge in [-0.05, 0) is 67.1 Å². The Kier molecular flexibility index (Phi) is 4.74. The number of phenolic OH excluding ortho intramolecular Hbond substituents is 1. The summed E-state index contributed by atoms with van der Waals surface area (Å²) in [4.78, 5) is 25.4. The average molecular weight is 339 g/mol. The minimum Gasteiger partial charge on any atom is -0.508 e. The molecule has 0 aromatic heterocycles. The largest absolute Gasteiger partial charge is 0.508 e. The summed E-state index contributed by atoms with van der Waals surface area (Å²) in [6.07, 6.45) is 1.77. The van der Waals surface area contributed by atoms with E-state index in [1.807, 2.05) is 17.0 Å². The molecule has 2 aromatic carbocycles. The summed E-state index contributed by atoms with van der Waals surface area (Å²) >= 11 is 0. The molecule has 0 aliphatic carbocycles. The Balaban J connectivity index is 1.62. The van der Waals surface area contributed by atoms with Crippen molar-refractivity contribution >= 4 is 11.9 Å². The fourth-order valence-corrected chi connectivity index (χ4v) is 3.27. The van der Waals surface area contributed by atoms with E-state index in [0.29, 0.717) is 23.6 Å². The molecule has 0 radical (unpaired) electrons. The van der Waals surface area contributed by atoms with Gasteiger partial charge in [0.15, 0.2) is 0 Å². The molecule has 5 nitrogen and oxygen atoms in total. The van der Waals surface area contributed by atoms with Crippen LogP contribution in [0.4, 0.5) is 0 Å². The highest BCUT2D eigenvalue weighted by Gasteiger charge is 2.27. The zero-order valence-electron chi connectivity index (χ0n) is 14.1. The molecule has 1 atom stereocenters. The molecule has 1 saturated heterocycles. The Bertz CT molecular complexity index is 798. The van der Waals surface area contributed by atoms with Gasteiger partial charge in [0.1, 0.15) is 5.75 Å². The normalized spacial score (nSPS) is 16.8. The predicted octanol–water partition coefficient (Wildman–Crippen LogP) is 3.10. The molecule has 0 saturated carbocycles. The van der Waals surface area contributed by atoms with E-state index < -0.39 is 5.97 Å². The van der Waals surface area contributed by atoms with Crippen LogP contribution >= 0.6 is 0 Å². The van der Waals surface area contributed by atoms with E-state index >= 15 is 0 Å². The average Bonchev–Trinajstić information content (AvgIpc) is 3.05. The first kappa shape index (κ1) is 17.0. The van der Waals surface area contributed by atoms with Gasteiger partial charge in [0.05, 0.1) is 5.56 Å². The van der Waals surface area contributed by atoms with Crippen LogP contribution < -0.4 is 0 Å². The summed E-state index contributed by atoms with van der Waals surface area (Å²) in [7, 11) is 0. The van der Waals surface area contributed by atoms with Gasteiger partial charge in [-0.2, -0.15) is 0 Å². The maximum Gasteiger partial charge on any atom is 0.335 e. The number of carboxylic acids is 1. The number of amides is 1. The number of carbonyl (C=O) groups is 2. The van der Waals surface area contributed by atoms with Crippen LogP contribution in [0.3, 0.4) is 0 Å². The maximum atomic E-state index is 12.6. The third-order valence-corrected chi connectivity index (χ3v) is 4.74. The van der Waals surface area contributed by atoms with Gasteiger partial charge in [-0.3, -0.25) is 4.79 Å². The van der Waals surface area contributed by atoms with Crippen LogP contribution in [0, 0.1) is 12.8 Å². The lowest BCUT2D eigenvalue weighted by Gasteiger charge is -2.17. The van der Waals surface area contributed by atoms with E-state index in [1.54, 1.807) is 37.3 Å². The number of aromatic hydroxyl groups is 1. The van der Waals surface area contributed by atoms with Crippen LogP contribution in [0.15, 0.2) is 42.5 Å². The second-order valence-electron chi connectivity index (χ2n) is 6.61. The van der Waals surface area contributed by atoms with Crippen LogP contribution in [0.2, 0.25) is 0 Å². The minimum atomic E-state index is -0.923. The highest BCUT2D eigenvalue weighted by molar-refractivity contribution is 5.94. The topological polar surface area (TPSA) is 77.8 Å². The number of aromatic carboxylic acids is 1. The summed E-state index contributed by atoms with van der Waals surface area (Å²) in [5, 5.41) is 18.5. The van der Waals surface area contributed by atoms with E-state index in [1.165, 1.54) is 0 Å². The van der Waals surface area contributed by atoms with Crippen molar-refractivity contribution in [2.24, 2.45) is 5.92 Å². The van der Waals surface area contributed by atoms with Crippen molar-refractivity contribution in [2.45, 2.75) is 19.8 Å².